The molecular formula is C15H22N6. The third-order valence-corrected chi connectivity index (χ3v) is 4.33. The first-order valence-corrected chi connectivity index (χ1v) is 7.39. The number of nitrogens with two attached hydrogens (primary N) is 2. The van der Waals surface area contributed by atoms with Crippen LogP contribution < -0.4 is 11.5 Å². The molecule has 1 fully saturated rings. The monoisotopic (exact) mass is 286 g/mol. The van der Waals surface area contributed by atoms with Crippen LogP contribution in [0.4, 0.5) is 11.4 Å². The highest BCUT2D eigenvalue weighted by molar-refractivity contribution is 5.74. The molecule has 0 amide bonds. The van der Waals surface area contributed by atoms with Crippen LogP contribution in [0.1, 0.15) is 45.6 Å². The predicted molar refractivity (Wildman–Crippen MR) is 83.4 cm³/mol. The lowest BCUT2D eigenvalue weighted by molar-refractivity contribution is 0.174. The van der Waals surface area contributed by atoms with Gasteiger partial charge in [0, 0.05) is 16.9 Å². The highest BCUT2D eigenvalue weighted by Crippen LogP contribution is 2.41. The lowest BCUT2D eigenvalue weighted by atomic mass is 9.75. The summed E-state index contributed by atoms with van der Waals surface area (Å²) in [7, 11) is 0. The number of hydrogen-bond donors (Lipinski definition) is 2. The quantitative estimate of drug-likeness (QED) is 0.827. The van der Waals surface area contributed by atoms with Crippen LogP contribution in [0, 0.1) is 5.41 Å². The summed E-state index contributed by atoms with van der Waals surface area (Å²) in [6.07, 6.45) is 4.65. The molecule has 1 heterocycles. The molecule has 1 aromatic heterocycles. The molecule has 112 valence electrons. The third kappa shape index (κ3) is 2.70. The number of benzene rings is 1. The molecule has 2 aromatic rings. The molecule has 0 spiro atoms. The van der Waals surface area contributed by atoms with Crippen molar-refractivity contribution < 1.29 is 0 Å². The maximum Gasteiger partial charge on any atom is 0.184 e. The average molecular weight is 286 g/mol. The fraction of sp³-hybridized carbons (Fsp3) is 0.533. The van der Waals surface area contributed by atoms with E-state index in [4.69, 9.17) is 11.5 Å². The lowest BCUT2D eigenvalue weighted by Gasteiger charge is -2.35. The van der Waals surface area contributed by atoms with Gasteiger partial charge in [0.15, 0.2) is 5.82 Å². The Kier molecular flexibility index (Phi) is 3.31. The topological polar surface area (TPSA) is 95.6 Å². The number of tetrazole rings is 1. The van der Waals surface area contributed by atoms with Gasteiger partial charge in [0.05, 0.1) is 6.04 Å². The number of hydrogen-bond acceptors (Lipinski definition) is 5. The van der Waals surface area contributed by atoms with Crippen LogP contribution in [-0.2, 0) is 0 Å². The number of rotatable bonds is 2. The van der Waals surface area contributed by atoms with E-state index in [0.717, 1.165) is 24.2 Å². The summed E-state index contributed by atoms with van der Waals surface area (Å²) in [6, 6.07) is 5.80. The minimum absolute atomic E-state index is 0.329. The Morgan fingerprint density at radius 1 is 1.29 bits per heavy atom. The summed E-state index contributed by atoms with van der Waals surface area (Å²) < 4.78 is 1.93. The summed E-state index contributed by atoms with van der Waals surface area (Å²) in [5.41, 5.74) is 14.3. The normalized spacial score (nSPS) is 21.3. The van der Waals surface area contributed by atoms with Gasteiger partial charge in [0.2, 0.25) is 0 Å². The number of aromatic nitrogens is 4. The van der Waals surface area contributed by atoms with Gasteiger partial charge in [-0.3, -0.25) is 0 Å². The lowest BCUT2D eigenvalue weighted by Crippen LogP contribution is -2.26. The maximum atomic E-state index is 6.08. The van der Waals surface area contributed by atoms with Gasteiger partial charge in [0.1, 0.15) is 0 Å². The van der Waals surface area contributed by atoms with Crippen molar-refractivity contribution in [3.8, 4) is 11.4 Å². The number of nitrogens with zero attached hydrogens (tertiary/aromatic N) is 4. The van der Waals surface area contributed by atoms with Gasteiger partial charge in [-0.1, -0.05) is 20.3 Å². The summed E-state index contributed by atoms with van der Waals surface area (Å²) in [5.74, 6) is 0.732. The van der Waals surface area contributed by atoms with Crippen molar-refractivity contribution in [3.63, 3.8) is 0 Å². The molecule has 0 bridgehead atoms. The Balaban J connectivity index is 1.97. The van der Waals surface area contributed by atoms with Crippen LogP contribution in [0.25, 0.3) is 11.4 Å². The molecule has 21 heavy (non-hydrogen) atoms. The molecule has 6 heteroatoms. The van der Waals surface area contributed by atoms with E-state index >= 15 is 0 Å². The van der Waals surface area contributed by atoms with E-state index in [1.165, 1.54) is 12.8 Å². The van der Waals surface area contributed by atoms with E-state index in [2.05, 4.69) is 29.4 Å². The third-order valence-electron chi connectivity index (χ3n) is 4.33. The van der Waals surface area contributed by atoms with Crippen LogP contribution in [-0.4, -0.2) is 20.2 Å². The second-order valence-electron chi connectivity index (χ2n) is 6.71. The molecule has 1 atom stereocenters. The smallest absolute Gasteiger partial charge is 0.184 e. The summed E-state index contributed by atoms with van der Waals surface area (Å²) in [5, 5.41) is 12.3. The van der Waals surface area contributed by atoms with E-state index in [1.807, 2.05) is 16.8 Å². The maximum absolute atomic E-state index is 6.08. The van der Waals surface area contributed by atoms with Gasteiger partial charge in [-0.15, -0.1) is 5.10 Å². The van der Waals surface area contributed by atoms with E-state index in [1.54, 1.807) is 6.07 Å². The van der Waals surface area contributed by atoms with E-state index in [0.29, 0.717) is 22.8 Å². The molecule has 6 nitrogen and oxygen atoms in total. The second kappa shape index (κ2) is 5.02. The Morgan fingerprint density at radius 3 is 2.81 bits per heavy atom. The van der Waals surface area contributed by atoms with Gasteiger partial charge < -0.3 is 11.5 Å². The Hall–Kier alpha value is -2.11. The zero-order valence-electron chi connectivity index (χ0n) is 12.6. The van der Waals surface area contributed by atoms with Gasteiger partial charge in [0.25, 0.3) is 0 Å². The minimum atomic E-state index is 0.329. The van der Waals surface area contributed by atoms with Crippen LogP contribution in [0.15, 0.2) is 18.2 Å². The van der Waals surface area contributed by atoms with Gasteiger partial charge in [-0.2, -0.15) is 0 Å². The van der Waals surface area contributed by atoms with Crippen molar-refractivity contribution >= 4 is 11.4 Å². The van der Waals surface area contributed by atoms with Crippen LogP contribution in [0.2, 0.25) is 0 Å². The van der Waals surface area contributed by atoms with Crippen molar-refractivity contribution in [3.05, 3.63) is 18.2 Å². The zero-order valence-corrected chi connectivity index (χ0v) is 12.6. The Labute approximate surface area is 124 Å². The molecule has 1 aliphatic carbocycles. The molecule has 0 radical (unpaired) electrons. The fourth-order valence-corrected chi connectivity index (χ4v) is 3.27. The second-order valence-corrected chi connectivity index (χ2v) is 6.71. The molecule has 0 saturated heterocycles. The van der Waals surface area contributed by atoms with E-state index in [9.17, 15) is 0 Å². The van der Waals surface area contributed by atoms with Crippen molar-refractivity contribution in [2.45, 2.75) is 45.6 Å². The molecule has 3 rings (SSSR count). The standard InChI is InChI=1S/C15H22N6/c1-15(2)7-3-4-11(9-15)21-14(18-19-20-21)12-6-5-10(16)8-13(12)17/h5-6,8,11H,3-4,7,9,16-17H2,1-2H3. The summed E-state index contributed by atoms with van der Waals surface area (Å²) in [4.78, 5) is 0. The largest absolute Gasteiger partial charge is 0.399 e. The molecule has 1 saturated carbocycles. The van der Waals surface area contributed by atoms with Crippen molar-refractivity contribution in [1.82, 2.24) is 20.2 Å². The molecule has 1 unspecified atom stereocenters. The Bertz CT molecular complexity index is 645. The highest BCUT2D eigenvalue weighted by Gasteiger charge is 2.31. The first-order valence-electron chi connectivity index (χ1n) is 7.39. The highest BCUT2D eigenvalue weighted by atomic mass is 15.5. The van der Waals surface area contributed by atoms with Gasteiger partial charge in [-0.05, 0) is 53.3 Å². The number of anilines is 2. The average Bonchev–Trinajstić information content (AvgIpc) is 2.86. The van der Waals surface area contributed by atoms with Crippen molar-refractivity contribution in [2.24, 2.45) is 5.41 Å². The van der Waals surface area contributed by atoms with E-state index in [-0.39, 0.29) is 0 Å². The molecule has 4 N–H and O–H groups in total. The van der Waals surface area contributed by atoms with Crippen LogP contribution in [0.3, 0.4) is 0 Å². The Morgan fingerprint density at radius 2 is 2.10 bits per heavy atom. The zero-order chi connectivity index (χ0) is 15.0. The predicted octanol–water partition coefficient (Wildman–Crippen LogP) is 2.65. The van der Waals surface area contributed by atoms with Gasteiger partial charge >= 0.3 is 0 Å². The molecule has 0 aliphatic heterocycles. The SMILES string of the molecule is CC1(C)CCCC(n2nnnc2-c2ccc(N)cc2N)C1. The first kappa shape index (κ1) is 13.9. The first-order chi connectivity index (χ1) is 9.96. The molecule has 1 aromatic carbocycles. The van der Waals surface area contributed by atoms with Crippen LogP contribution >= 0.6 is 0 Å². The molecular weight excluding hydrogens is 264 g/mol. The van der Waals surface area contributed by atoms with E-state index < -0.39 is 0 Å². The summed E-state index contributed by atoms with van der Waals surface area (Å²) in [6.45, 7) is 4.61. The van der Waals surface area contributed by atoms with Crippen LogP contribution in [0.5, 0.6) is 0 Å². The fourth-order valence-electron chi connectivity index (χ4n) is 3.27. The summed E-state index contributed by atoms with van der Waals surface area (Å²) >= 11 is 0. The van der Waals surface area contributed by atoms with Crippen molar-refractivity contribution in [2.75, 3.05) is 11.5 Å². The van der Waals surface area contributed by atoms with Crippen molar-refractivity contribution in [1.29, 1.82) is 0 Å². The molecule has 1 aliphatic rings. The van der Waals surface area contributed by atoms with Gasteiger partial charge in [-0.25, -0.2) is 4.68 Å². The minimum Gasteiger partial charge on any atom is -0.399 e. The number of nitrogen functional groups attached to an aromatic ring is 2.